The van der Waals surface area contributed by atoms with Crippen molar-refractivity contribution in [2.75, 3.05) is 19.0 Å². The number of amides is 1. The molecule has 2 aromatic rings. The summed E-state index contributed by atoms with van der Waals surface area (Å²) in [4.78, 5) is 23.6. The average molecular weight is 359 g/mol. The van der Waals surface area contributed by atoms with Crippen molar-refractivity contribution in [2.45, 2.75) is 6.92 Å². The van der Waals surface area contributed by atoms with Gasteiger partial charge in [-0.15, -0.1) is 0 Å². The summed E-state index contributed by atoms with van der Waals surface area (Å²) >= 11 is 12.2. The van der Waals surface area contributed by atoms with E-state index < -0.39 is 12.1 Å². The molecule has 0 aliphatic rings. The van der Waals surface area contributed by atoms with Crippen LogP contribution >= 0.6 is 23.2 Å². The lowest BCUT2D eigenvalue weighted by atomic mass is 10.1. The molecular weight excluding hydrogens is 347 g/mol. The summed E-state index contributed by atoms with van der Waals surface area (Å²) in [5, 5.41) is 6.58. The molecule has 1 heterocycles. The molecule has 0 aliphatic heterocycles. The first-order chi connectivity index (χ1) is 11.0. The molecule has 0 bridgehead atoms. The van der Waals surface area contributed by atoms with E-state index in [0.717, 1.165) is 0 Å². The molecule has 0 saturated carbocycles. The van der Waals surface area contributed by atoms with Gasteiger partial charge in [0.2, 0.25) is 5.88 Å². The number of esters is 1. The summed E-state index contributed by atoms with van der Waals surface area (Å²) in [5.41, 5.74) is 0.228. The molecule has 2 rings (SSSR count). The van der Waals surface area contributed by atoms with E-state index in [9.17, 15) is 9.59 Å². The van der Waals surface area contributed by atoms with Gasteiger partial charge in [0.25, 0.3) is 0 Å². The standard InChI is InChI=1S/C14H12Cl2N2O5/c1-3-22-14(20)17-12-10(13(19)21-2)11(18-23-12)9-7(15)5-4-6-8(9)16/h4-6H,3H2,1-2H3,(H,17,20). The maximum absolute atomic E-state index is 12.1. The molecule has 0 unspecified atom stereocenters. The van der Waals surface area contributed by atoms with Gasteiger partial charge >= 0.3 is 12.1 Å². The Morgan fingerprint density at radius 1 is 1.30 bits per heavy atom. The van der Waals surface area contributed by atoms with Gasteiger partial charge in [-0.2, -0.15) is 0 Å². The van der Waals surface area contributed by atoms with Crippen molar-refractivity contribution in [3.8, 4) is 11.3 Å². The lowest BCUT2D eigenvalue weighted by Crippen LogP contribution is -2.15. The number of aromatic nitrogens is 1. The number of hydrogen-bond donors (Lipinski definition) is 1. The third-order valence-corrected chi connectivity index (χ3v) is 3.40. The molecule has 0 radical (unpaired) electrons. The van der Waals surface area contributed by atoms with Crippen LogP contribution in [0.2, 0.25) is 10.0 Å². The van der Waals surface area contributed by atoms with Crippen molar-refractivity contribution < 1.29 is 23.6 Å². The molecular formula is C14H12Cl2N2O5. The number of rotatable bonds is 4. The molecule has 1 amide bonds. The number of ether oxygens (including phenoxy) is 2. The summed E-state index contributed by atoms with van der Waals surface area (Å²) in [7, 11) is 1.18. The average Bonchev–Trinajstić information content (AvgIpc) is 2.90. The molecule has 0 fully saturated rings. The Bertz CT molecular complexity index is 725. The topological polar surface area (TPSA) is 90.7 Å². The molecule has 1 aromatic heterocycles. The number of carbonyl (C=O) groups excluding carboxylic acids is 2. The zero-order chi connectivity index (χ0) is 17.0. The highest BCUT2D eigenvalue weighted by Gasteiger charge is 2.28. The number of carbonyl (C=O) groups is 2. The van der Waals surface area contributed by atoms with E-state index in [0.29, 0.717) is 0 Å². The predicted molar refractivity (Wildman–Crippen MR) is 83.9 cm³/mol. The van der Waals surface area contributed by atoms with E-state index in [1.807, 2.05) is 0 Å². The van der Waals surface area contributed by atoms with Crippen molar-refractivity contribution in [3.05, 3.63) is 33.8 Å². The monoisotopic (exact) mass is 358 g/mol. The Hall–Kier alpha value is -2.25. The Morgan fingerprint density at radius 3 is 2.52 bits per heavy atom. The van der Waals surface area contributed by atoms with Crippen LogP contribution in [-0.4, -0.2) is 30.9 Å². The largest absolute Gasteiger partial charge is 0.465 e. The van der Waals surface area contributed by atoms with Crippen LogP contribution < -0.4 is 5.32 Å². The molecule has 0 atom stereocenters. The summed E-state index contributed by atoms with van der Waals surface area (Å²) in [5.74, 6) is -0.995. The molecule has 1 N–H and O–H groups in total. The van der Waals surface area contributed by atoms with Crippen LogP contribution in [0.15, 0.2) is 22.7 Å². The van der Waals surface area contributed by atoms with Crippen LogP contribution in [0.4, 0.5) is 10.7 Å². The highest BCUT2D eigenvalue weighted by Crippen LogP contribution is 2.38. The Morgan fingerprint density at radius 2 is 1.96 bits per heavy atom. The third-order valence-electron chi connectivity index (χ3n) is 2.77. The second-order valence-electron chi connectivity index (χ2n) is 4.17. The van der Waals surface area contributed by atoms with E-state index in [2.05, 4.69) is 10.5 Å². The zero-order valence-corrected chi connectivity index (χ0v) is 13.7. The molecule has 23 heavy (non-hydrogen) atoms. The van der Waals surface area contributed by atoms with E-state index in [1.165, 1.54) is 7.11 Å². The first-order valence-corrected chi connectivity index (χ1v) is 7.21. The van der Waals surface area contributed by atoms with Gasteiger partial charge in [-0.25, -0.2) is 9.59 Å². The maximum atomic E-state index is 12.1. The fraction of sp³-hybridized carbons (Fsp3) is 0.214. The van der Waals surface area contributed by atoms with Crippen molar-refractivity contribution in [2.24, 2.45) is 0 Å². The van der Waals surface area contributed by atoms with Crippen LogP contribution in [0.5, 0.6) is 0 Å². The minimum atomic E-state index is -0.800. The van der Waals surface area contributed by atoms with Crippen molar-refractivity contribution in [1.82, 2.24) is 5.16 Å². The Balaban J connectivity index is 2.55. The minimum absolute atomic E-state index is 0.0549. The summed E-state index contributed by atoms with van der Waals surface area (Å²) in [6.45, 7) is 1.78. The lowest BCUT2D eigenvalue weighted by Gasteiger charge is -2.06. The smallest absolute Gasteiger partial charge is 0.414 e. The summed E-state index contributed by atoms with van der Waals surface area (Å²) in [6.07, 6.45) is -0.800. The molecule has 1 aromatic carbocycles. The maximum Gasteiger partial charge on any atom is 0.414 e. The van der Waals surface area contributed by atoms with Crippen molar-refractivity contribution >= 4 is 41.1 Å². The number of halogens is 2. The van der Waals surface area contributed by atoms with E-state index in [-0.39, 0.29) is 39.4 Å². The van der Waals surface area contributed by atoms with E-state index in [1.54, 1.807) is 25.1 Å². The second kappa shape index (κ2) is 7.34. The molecule has 0 spiro atoms. The predicted octanol–water partition coefficient (Wildman–Crippen LogP) is 4.00. The van der Waals surface area contributed by atoms with Gasteiger partial charge in [-0.3, -0.25) is 5.32 Å². The van der Waals surface area contributed by atoms with E-state index in [4.69, 9.17) is 37.2 Å². The fourth-order valence-electron chi connectivity index (χ4n) is 1.82. The van der Waals surface area contributed by atoms with Crippen LogP contribution in [0, 0.1) is 0 Å². The number of benzene rings is 1. The lowest BCUT2D eigenvalue weighted by molar-refractivity contribution is 0.0602. The van der Waals surface area contributed by atoms with E-state index >= 15 is 0 Å². The number of methoxy groups -OCH3 is 1. The van der Waals surface area contributed by atoms with Crippen LogP contribution in [0.3, 0.4) is 0 Å². The quantitative estimate of drug-likeness (QED) is 0.830. The minimum Gasteiger partial charge on any atom is -0.465 e. The fourth-order valence-corrected chi connectivity index (χ4v) is 2.40. The van der Waals surface area contributed by atoms with Crippen LogP contribution in [-0.2, 0) is 9.47 Å². The van der Waals surface area contributed by atoms with Gasteiger partial charge in [-0.05, 0) is 19.1 Å². The highest BCUT2D eigenvalue weighted by atomic mass is 35.5. The molecule has 7 nitrogen and oxygen atoms in total. The van der Waals surface area contributed by atoms with Gasteiger partial charge in [-0.1, -0.05) is 34.4 Å². The van der Waals surface area contributed by atoms with Crippen LogP contribution in [0.1, 0.15) is 17.3 Å². The van der Waals surface area contributed by atoms with Gasteiger partial charge in [0, 0.05) is 5.56 Å². The number of nitrogens with zero attached hydrogens (tertiary/aromatic N) is 1. The number of nitrogens with one attached hydrogen (secondary N) is 1. The highest BCUT2D eigenvalue weighted by molar-refractivity contribution is 6.39. The molecule has 0 aliphatic carbocycles. The Kier molecular flexibility index (Phi) is 5.46. The molecule has 9 heteroatoms. The van der Waals surface area contributed by atoms with Crippen LogP contribution in [0.25, 0.3) is 11.3 Å². The van der Waals surface area contributed by atoms with Gasteiger partial charge < -0.3 is 14.0 Å². The van der Waals surface area contributed by atoms with Crippen molar-refractivity contribution in [1.29, 1.82) is 0 Å². The van der Waals surface area contributed by atoms with Crippen molar-refractivity contribution in [3.63, 3.8) is 0 Å². The first kappa shape index (κ1) is 17.1. The second-order valence-corrected chi connectivity index (χ2v) is 4.98. The van der Waals surface area contributed by atoms with Gasteiger partial charge in [0.1, 0.15) is 5.69 Å². The molecule has 122 valence electrons. The first-order valence-electron chi connectivity index (χ1n) is 6.45. The zero-order valence-electron chi connectivity index (χ0n) is 12.2. The SMILES string of the molecule is CCOC(=O)Nc1onc(-c2c(Cl)cccc2Cl)c1C(=O)OC. The summed E-state index contributed by atoms with van der Waals surface area (Å²) in [6, 6.07) is 4.80. The van der Waals surface area contributed by atoms with Gasteiger partial charge in [0.05, 0.1) is 23.8 Å². The Labute approximate surface area is 141 Å². The van der Waals surface area contributed by atoms with Gasteiger partial charge in [0.15, 0.2) is 5.56 Å². The summed E-state index contributed by atoms with van der Waals surface area (Å²) < 4.78 is 14.5. The number of hydrogen-bond acceptors (Lipinski definition) is 6. The molecule has 0 saturated heterocycles. The third kappa shape index (κ3) is 3.57. The normalized spacial score (nSPS) is 10.3. The number of anilines is 1.